The van der Waals surface area contributed by atoms with Gasteiger partial charge in [0.05, 0.1) is 0 Å². The minimum Gasteiger partial charge on any atom is -0.462 e. The Kier molecular flexibility index (Phi) is 58.4. The molecule has 0 rings (SSSR count). The summed E-state index contributed by atoms with van der Waals surface area (Å²) in [6.07, 6.45) is 87.2. The second-order valence-corrected chi connectivity index (χ2v) is 20.1. The van der Waals surface area contributed by atoms with Crippen LogP contribution in [0.2, 0.25) is 0 Å². The third kappa shape index (κ3) is 60.3. The van der Waals surface area contributed by atoms with E-state index in [2.05, 4.69) is 81.5 Å². The van der Waals surface area contributed by atoms with Gasteiger partial charge in [0.2, 0.25) is 0 Å². The van der Waals surface area contributed by atoms with E-state index < -0.39 is 6.10 Å². The topological polar surface area (TPSA) is 78.9 Å². The zero-order valence-electron chi connectivity index (χ0n) is 48.5. The Hall–Kier alpha value is -4.45. The summed E-state index contributed by atoms with van der Waals surface area (Å²) in [4.78, 5) is 38.3. The third-order valence-electron chi connectivity index (χ3n) is 12.9. The fraction of sp³-hybridized carbons (Fsp3) is 0.638. The Morgan fingerprint density at radius 1 is 0.280 bits per heavy atom. The Balaban J connectivity index is 4.51. The standard InChI is InChI=1S/C69H112O6/c1-4-7-10-13-16-19-22-25-28-31-34-37-40-43-46-49-52-55-58-61-67(70)73-64-66(75-69(72)63-60-57-54-51-48-45-42-39-36-33-30-27-24-21-18-15-12-9-6-3)65-74-68(71)62-59-56-53-50-47-44-41-38-35-32-29-26-23-20-17-14-11-8-5-2/h7,10,13,16-28,31,34,37,40,43,46,66H,4-6,8-9,11-12,14-15,29-30,32-33,35-36,38-39,41-42,44-45,47-65H2,1-3H3/b10-7-,16-13-,20-17-,21-18-,22-19-,26-23-,27-24-,28-25-,34-31+,40-37-,46-43-. The first-order valence-corrected chi connectivity index (χ1v) is 30.8. The molecule has 0 aromatic carbocycles. The van der Waals surface area contributed by atoms with Crippen LogP contribution in [0, 0.1) is 0 Å². The second kappa shape index (κ2) is 62.1. The Morgan fingerprint density at radius 3 is 0.840 bits per heavy atom. The molecule has 424 valence electrons. The first-order chi connectivity index (χ1) is 37.0. The SMILES string of the molecule is CC\C=C/C=C\C=C/C=C\C=C\C=C/C=C\CCCCCC(=O)OCC(COC(=O)CCCCCCCCCCCC/C=C\C=C/CCCCC)OC(=O)CCCCCCCCCCCC/C=C\C=C/CCCCC. The molecule has 6 nitrogen and oxygen atoms in total. The van der Waals surface area contributed by atoms with Gasteiger partial charge in [0, 0.05) is 19.3 Å². The second-order valence-electron chi connectivity index (χ2n) is 20.1. The molecule has 75 heavy (non-hydrogen) atoms. The summed E-state index contributed by atoms with van der Waals surface area (Å²) < 4.78 is 16.9. The van der Waals surface area contributed by atoms with Gasteiger partial charge >= 0.3 is 17.9 Å². The highest BCUT2D eigenvalue weighted by molar-refractivity contribution is 5.71. The smallest absolute Gasteiger partial charge is 0.306 e. The number of hydrogen-bond acceptors (Lipinski definition) is 6. The Labute approximate surface area is 462 Å². The molecule has 0 aliphatic carbocycles. The van der Waals surface area contributed by atoms with Crippen LogP contribution in [0.3, 0.4) is 0 Å². The van der Waals surface area contributed by atoms with Crippen molar-refractivity contribution in [3.63, 3.8) is 0 Å². The molecular formula is C69H112O6. The molecule has 0 radical (unpaired) electrons. The van der Waals surface area contributed by atoms with Crippen molar-refractivity contribution in [3.05, 3.63) is 134 Å². The van der Waals surface area contributed by atoms with E-state index in [-0.39, 0.29) is 31.1 Å². The van der Waals surface area contributed by atoms with Crippen LogP contribution in [0.4, 0.5) is 0 Å². The summed E-state index contributed by atoms with van der Waals surface area (Å²) in [5.74, 6) is -0.951. The lowest BCUT2D eigenvalue weighted by atomic mass is 10.1. The van der Waals surface area contributed by atoms with E-state index in [1.807, 2.05) is 72.9 Å². The normalized spacial score (nSPS) is 13.1. The summed E-state index contributed by atoms with van der Waals surface area (Å²) >= 11 is 0. The average Bonchev–Trinajstić information content (AvgIpc) is 3.41. The van der Waals surface area contributed by atoms with Crippen molar-refractivity contribution in [2.24, 2.45) is 0 Å². The summed E-state index contributed by atoms with van der Waals surface area (Å²) in [5.41, 5.74) is 0. The van der Waals surface area contributed by atoms with Crippen molar-refractivity contribution in [3.8, 4) is 0 Å². The first-order valence-electron chi connectivity index (χ1n) is 30.8. The summed E-state index contributed by atoms with van der Waals surface area (Å²) in [6, 6.07) is 0. The highest BCUT2D eigenvalue weighted by atomic mass is 16.6. The van der Waals surface area contributed by atoms with Gasteiger partial charge in [-0.15, -0.1) is 0 Å². The molecule has 0 N–H and O–H groups in total. The molecule has 6 heteroatoms. The fourth-order valence-corrected chi connectivity index (χ4v) is 8.23. The van der Waals surface area contributed by atoms with Crippen molar-refractivity contribution < 1.29 is 28.6 Å². The maximum absolute atomic E-state index is 12.9. The predicted molar refractivity (Wildman–Crippen MR) is 325 cm³/mol. The van der Waals surface area contributed by atoms with Crippen molar-refractivity contribution >= 4 is 17.9 Å². The molecule has 0 spiro atoms. The van der Waals surface area contributed by atoms with Crippen molar-refractivity contribution in [2.75, 3.05) is 13.2 Å². The predicted octanol–water partition coefficient (Wildman–Crippen LogP) is 21.0. The first kappa shape index (κ1) is 70.5. The monoisotopic (exact) mass is 1040 g/mol. The van der Waals surface area contributed by atoms with Crippen molar-refractivity contribution in [1.82, 2.24) is 0 Å². The van der Waals surface area contributed by atoms with E-state index in [0.717, 1.165) is 70.6 Å². The van der Waals surface area contributed by atoms with Crippen LogP contribution in [0.15, 0.2) is 134 Å². The zero-order chi connectivity index (χ0) is 54.3. The van der Waals surface area contributed by atoms with Gasteiger partial charge in [0.25, 0.3) is 0 Å². The van der Waals surface area contributed by atoms with Gasteiger partial charge in [-0.2, -0.15) is 0 Å². The van der Waals surface area contributed by atoms with Crippen LogP contribution in [0.1, 0.15) is 265 Å². The number of unbranched alkanes of at least 4 members (excludes halogenated alkanes) is 29. The highest BCUT2D eigenvalue weighted by Gasteiger charge is 2.19. The number of allylic oxidation sites excluding steroid dienone is 22. The highest BCUT2D eigenvalue weighted by Crippen LogP contribution is 2.15. The Morgan fingerprint density at radius 2 is 0.520 bits per heavy atom. The van der Waals surface area contributed by atoms with E-state index in [9.17, 15) is 14.4 Å². The molecule has 0 heterocycles. The van der Waals surface area contributed by atoms with E-state index in [4.69, 9.17) is 14.2 Å². The third-order valence-corrected chi connectivity index (χ3v) is 12.9. The lowest BCUT2D eigenvalue weighted by Gasteiger charge is -2.18. The largest absolute Gasteiger partial charge is 0.462 e. The number of carbonyl (C=O) groups excluding carboxylic acids is 3. The van der Waals surface area contributed by atoms with Crippen molar-refractivity contribution in [1.29, 1.82) is 0 Å². The number of rotatable bonds is 54. The fourth-order valence-electron chi connectivity index (χ4n) is 8.23. The van der Waals surface area contributed by atoms with Gasteiger partial charge < -0.3 is 14.2 Å². The molecular weight excluding hydrogens is 925 g/mol. The Bertz CT molecular complexity index is 1620. The molecule has 0 bridgehead atoms. The van der Waals surface area contributed by atoms with E-state index in [1.165, 1.54) is 154 Å². The molecule has 0 saturated carbocycles. The van der Waals surface area contributed by atoms with Crippen LogP contribution in [-0.2, 0) is 28.6 Å². The maximum Gasteiger partial charge on any atom is 0.306 e. The molecule has 0 fully saturated rings. The van der Waals surface area contributed by atoms with Crippen LogP contribution < -0.4 is 0 Å². The van der Waals surface area contributed by atoms with Gasteiger partial charge in [-0.25, -0.2) is 0 Å². The summed E-state index contributed by atoms with van der Waals surface area (Å²) in [5, 5.41) is 0. The molecule has 0 aliphatic heterocycles. The van der Waals surface area contributed by atoms with Crippen LogP contribution in [0.25, 0.3) is 0 Å². The average molecular weight is 1040 g/mol. The lowest BCUT2D eigenvalue weighted by Crippen LogP contribution is -2.30. The number of carbonyl (C=O) groups is 3. The molecule has 0 amide bonds. The van der Waals surface area contributed by atoms with E-state index >= 15 is 0 Å². The maximum atomic E-state index is 12.9. The minimum atomic E-state index is -0.807. The molecule has 1 unspecified atom stereocenters. The van der Waals surface area contributed by atoms with Gasteiger partial charge in [-0.1, -0.05) is 289 Å². The molecule has 1 atom stereocenters. The van der Waals surface area contributed by atoms with Crippen molar-refractivity contribution in [2.45, 2.75) is 271 Å². The molecule has 0 saturated heterocycles. The molecule has 0 aliphatic rings. The number of esters is 3. The lowest BCUT2D eigenvalue weighted by molar-refractivity contribution is -0.167. The van der Waals surface area contributed by atoms with Crippen LogP contribution >= 0.6 is 0 Å². The number of ether oxygens (including phenoxy) is 3. The minimum absolute atomic E-state index is 0.0998. The van der Waals surface area contributed by atoms with E-state index in [1.54, 1.807) is 0 Å². The number of hydrogen-bond donors (Lipinski definition) is 0. The summed E-state index contributed by atoms with van der Waals surface area (Å²) in [6.45, 7) is 6.40. The van der Waals surface area contributed by atoms with Gasteiger partial charge in [0.1, 0.15) is 13.2 Å². The molecule has 0 aromatic heterocycles. The van der Waals surface area contributed by atoms with E-state index in [0.29, 0.717) is 19.3 Å². The quantitative estimate of drug-likeness (QED) is 0.0261. The van der Waals surface area contributed by atoms with Gasteiger partial charge in [-0.3, -0.25) is 14.4 Å². The van der Waals surface area contributed by atoms with Gasteiger partial charge in [-0.05, 0) is 89.9 Å². The molecule has 0 aromatic rings. The summed E-state index contributed by atoms with van der Waals surface area (Å²) in [7, 11) is 0. The van der Waals surface area contributed by atoms with Crippen LogP contribution in [0.5, 0.6) is 0 Å². The van der Waals surface area contributed by atoms with Gasteiger partial charge in [0.15, 0.2) is 6.10 Å². The zero-order valence-corrected chi connectivity index (χ0v) is 48.5. The van der Waals surface area contributed by atoms with Crippen LogP contribution in [-0.4, -0.2) is 37.2 Å².